The number of phosphoric acid groups is 2. The Kier molecular flexibility index (Phi) is 8.56. The molecular formula is C16H27N3O14P2. The van der Waals surface area contributed by atoms with Crippen molar-refractivity contribution in [3.05, 3.63) is 32.6 Å². The predicted molar refractivity (Wildman–Crippen MR) is 113 cm³/mol. The molecule has 0 saturated carbocycles. The predicted octanol–water partition coefficient (Wildman–Crippen LogP) is -2.46. The van der Waals surface area contributed by atoms with Crippen molar-refractivity contribution in [2.24, 2.45) is 5.73 Å². The van der Waals surface area contributed by atoms with Gasteiger partial charge in [0.15, 0.2) is 6.29 Å². The number of nitrogens with zero attached hydrogens (tertiary/aromatic N) is 1. The third-order valence-electron chi connectivity index (χ3n) is 5.42. The van der Waals surface area contributed by atoms with Gasteiger partial charge in [0.2, 0.25) is 0 Å². The average Bonchev–Trinajstić information content (AvgIpc) is 3.11. The summed E-state index contributed by atoms with van der Waals surface area (Å²) in [5, 5.41) is 29.9. The second kappa shape index (κ2) is 10.6. The van der Waals surface area contributed by atoms with Crippen LogP contribution in [0.15, 0.2) is 15.8 Å². The molecule has 3 heterocycles. The highest BCUT2D eigenvalue weighted by molar-refractivity contribution is 7.61. The molecule has 1 aromatic heterocycles. The molecule has 19 heteroatoms. The van der Waals surface area contributed by atoms with Gasteiger partial charge in [-0.2, -0.15) is 4.31 Å². The number of nitrogens with two attached hydrogens (primary N) is 1. The van der Waals surface area contributed by atoms with Crippen molar-refractivity contribution in [2.75, 3.05) is 6.61 Å². The van der Waals surface area contributed by atoms with Crippen LogP contribution in [0, 0.1) is 6.92 Å². The van der Waals surface area contributed by atoms with Crippen LogP contribution in [-0.2, 0) is 32.0 Å². The van der Waals surface area contributed by atoms with Crippen molar-refractivity contribution in [3.63, 3.8) is 0 Å². The Hall–Kier alpha value is -1.30. The van der Waals surface area contributed by atoms with Crippen LogP contribution in [0.2, 0.25) is 0 Å². The molecule has 2 saturated heterocycles. The third kappa shape index (κ3) is 6.72. The first-order chi connectivity index (χ1) is 16.1. The van der Waals surface area contributed by atoms with Gasteiger partial charge >= 0.3 is 21.3 Å². The summed E-state index contributed by atoms with van der Waals surface area (Å²) < 4.78 is 49.3. The quantitative estimate of drug-likeness (QED) is 0.166. The van der Waals surface area contributed by atoms with E-state index in [-0.39, 0.29) is 12.0 Å². The monoisotopic (exact) mass is 547 g/mol. The Bertz CT molecular complexity index is 1130. The molecule has 2 aliphatic heterocycles. The molecule has 0 aromatic carbocycles. The Morgan fingerprint density at radius 1 is 1.17 bits per heavy atom. The summed E-state index contributed by atoms with van der Waals surface area (Å²) in [7, 11) is -10.7. The largest absolute Gasteiger partial charge is 0.483 e. The number of hydrogen-bond acceptors (Lipinski definition) is 13. The number of ether oxygens (including phenoxy) is 2. The smallest absolute Gasteiger partial charge is 0.390 e. The molecule has 2 fully saturated rings. The van der Waals surface area contributed by atoms with Gasteiger partial charge in [0.05, 0.1) is 24.9 Å². The summed E-state index contributed by atoms with van der Waals surface area (Å²) in [4.78, 5) is 45.2. The lowest BCUT2D eigenvalue weighted by Crippen LogP contribution is -2.60. The number of hydrogen-bond donors (Lipinski definition) is 7. The van der Waals surface area contributed by atoms with E-state index in [2.05, 4.69) is 18.3 Å². The zero-order valence-electron chi connectivity index (χ0n) is 18.4. The fourth-order valence-corrected chi connectivity index (χ4v) is 5.60. The van der Waals surface area contributed by atoms with Crippen LogP contribution in [0.1, 0.15) is 25.1 Å². The maximum atomic E-state index is 12.2. The molecule has 2 unspecified atom stereocenters. The highest BCUT2D eigenvalue weighted by atomic mass is 31.3. The number of rotatable bonds is 8. The number of phosphoric ester groups is 2. The normalized spacial score (nSPS) is 37.0. The molecule has 0 bridgehead atoms. The summed E-state index contributed by atoms with van der Waals surface area (Å²) in [6.45, 7) is 2.03. The van der Waals surface area contributed by atoms with E-state index in [1.165, 1.54) is 20.0 Å². The van der Waals surface area contributed by atoms with Gasteiger partial charge < -0.3 is 40.3 Å². The third-order valence-corrected chi connectivity index (χ3v) is 8.02. The highest BCUT2D eigenvalue weighted by Gasteiger charge is 2.47. The van der Waals surface area contributed by atoms with Crippen molar-refractivity contribution in [1.82, 2.24) is 9.55 Å². The molecule has 200 valence electrons. The van der Waals surface area contributed by atoms with Gasteiger partial charge in [-0.05, 0) is 13.8 Å². The van der Waals surface area contributed by atoms with Gasteiger partial charge in [-0.15, -0.1) is 0 Å². The zero-order valence-corrected chi connectivity index (χ0v) is 20.2. The fraction of sp³-hybridized carbons (Fsp3) is 0.750. The molecular weight excluding hydrogens is 520 g/mol. The lowest BCUT2D eigenvalue weighted by Gasteiger charge is -2.39. The molecule has 17 nitrogen and oxygen atoms in total. The molecule has 8 N–H and O–H groups in total. The van der Waals surface area contributed by atoms with Gasteiger partial charge in [-0.25, -0.2) is 13.9 Å². The summed E-state index contributed by atoms with van der Waals surface area (Å²) in [6, 6.07) is -1.03. The van der Waals surface area contributed by atoms with Crippen molar-refractivity contribution in [3.8, 4) is 0 Å². The van der Waals surface area contributed by atoms with Gasteiger partial charge in [0, 0.05) is 18.2 Å². The van der Waals surface area contributed by atoms with Crippen LogP contribution in [0.3, 0.4) is 0 Å². The SMILES string of the molecule is Cc1cn([C@H]2C[C@H](O)[C@@H](COP(=O)(O)OP(=O)(O)O[C@@H]3O[C@H](C)[C@H](N)[C@H](O)[C@H]3O)O2)c(=O)[nH]c1=O. The number of aliphatic hydroxyl groups is 3. The lowest BCUT2D eigenvalue weighted by atomic mass is 9.98. The maximum absolute atomic E-state index is 12.2. The number of aromatic nitrogens is 2. The highest BCUT2D eigenvalue weighted by Crippen LogP contribution is 2.61. The molecule has 0 amide bonds. The van der Waals surface area contributed by atoms with E-state index in [1.807, 2.05) is 0 Å². The Morgan fingerprint density at radius 2 is 1.83 bits per heavy atom. The minimum atomic E-state index is -5.40. The van der Waals surface area contributed by atoms with Crippen LogP contribution in [0.25, 0.3) is 0 Å². The van der Waals surface area contributed by atoms with Crippen LogP contribution >= 0.6 is 15.6 Å². The minimum absolute atomic E-state index is 0.142. The summed E-state index contributed by atoms with van der Waals surface area (Å²) in [5.74, 6) is 0. The summed E-state index contributed by atoms with van der Waals surface area (Å²) >= 11 is 0. The van der Waals surface area contributed by atoms with Gasteiger partial charge in [0.1, 0.15) is 24.5 Å². The van der Waals surface area contributed by atoms with E-state index in [0.717, 1.165) is 4.57 Å². The molecule has 2 aliphatic rings. The van der Waals surface area contributed by atoms with Gasteiger partial charge in [0.25, 0.3) is 5.56 Å². The standard InChI is InChI=1S/C16H27N3O14P2/c1-6-4-19(16(24)18-14(6)23)10-3-8(20)9(31-10)5-29-34(25,26)33-35(27,28)32-15-13(22)12(21)11(17)7(2)30-15/h4,7-13,15,20-22H,3,5,17H2,1-2H3,(H,25,26)(H,27,28)(H,18,23,24)/t7-,8+,9-,10-,11+,12+,13-,15+/m1/s1. The molecule has 35 heavy (non-hydrogen) atoms. The number of H-pyrrole nitrogens is 1. The molecule has 0 spiro atoms. The van der Waals surface area contributed by atoms with E-state index >= 15 is 0 Å². The zero-order chi connectivity index (χ0) is 26.3. The number of aliphatic hydroxyl groups excluding tert-OH is 3. The number of aromatic amines is 1. The average molecular weight is 547 g/mol. The first kappa shape index (κ1) is 28.3. The second-order valence-electron chi connectivity index (χ2n) is 8.10. The summed E-state index contributed by atoms with van der Waals surface area (Å²) in [6.07, 6.45) is -8.81. The van der Waals surface area contributed by atoms with Gasteiger partial charge in [-0.3, -0.25) is 23.4 Å². The van der Waals surface area contributed by atoms with E-state index in [4.69, 9.17) is 15.2 Å². The molecule has 10 atom stereocenters. The molecule has 0 radical (unpaired) electrons. The minimum Gasteiger partial charge on any atom is -0.390 e. The molecule has 0 aliphatic carbocycles. The number of nitrogens with one attached hydrogen (secondary N) is 1. The van der Waals surface area contributed by atoms with Gasteiger partial charge in [-0.1, -0.05) is 0 Å². The second-order valence-corrected chi connectivity index (χ2v) is 11.1. The van der Waals surface area contributed by atoms with E-state index in [0.29, 0.717) is 0 Å². The van der Waals surface area contributed by atoms with Crippen molar-refractivity contribution in [2.45, 2.75) is 69.3 Å². The van der Waals surface area contributed by atoms with Crippen molar-refractivity contribution >= 4 is 15.6 Å². The summed E-state index contributed by atoms with van der Waals surface area (Å²) in [5.41, 5.74) is 4.39. The van der Waals surface area contributed by atoms with Crippen LogP contribution in [0.5, 0.6) is 0 Å². The maximum Gasteiger partial charge on any atom is 0.483 e. The van der Waals surface area contributed by atoms with Crippen LogP contribution in [0.4, 0.5) is 0 Å². The van der Waals surface area contributed by atoms with E-state index < -0.39 is 82.6 Å². The van der Waals surface area contributed by atoms with Crippen molar-refractivity contribution < 1.29 is 57.1 Å². The first-order valence-electron chi connectivity index (χ1n) is 10.2. The van der Waals surface area contributed by atoms with Crippen molar-refractivity contribution in [1.29, 1.82) is 0 Å². The fourth-order valence-electron chi connectivity index (χ4n) is 3.44. The number of aryl methyl sites for hydroxylation is 1. The van der Waals surface area contributed by atoms with Crippen LogP contribution in [-0.4, -0.2) is 84.1 Å². The van der Waals surface area contributed by atoms with E-state index in [1.54, 1.807) is 0 Å². The Morgan fingerprint density at radius 3 is 2.49 bits per heavy atom. The molecule has 3 rings (SSSR count). The Labute approximate surface area is 197 Å². The lowest BCUT2D eigenvalue weighted by molar-refractivity contribution is -0.242. The van der Waals surface area contributed by atoms with E-state index in [9.17, 15) is 43.8 Å². The first-order valence-corrected chi connectivity index (χ1v) is 13.2. The Balaban J connectivity index is 1.59. The molecule has 1 aromatic rings. The topological polar surface area (TPSA) is 262 Å². The van der Waals surface area contributed by atoms with Crippen LogP contribution < -0.4 is 17.0 Å².